The van der Waals surface area contributed by atoms with Crippen LogP contribution in [0.15, 0.2) is 42.5 Å². The standard InChI is InChI=1S/C32H43NO/c1-32-15-14-28-27-11-9-26(33-16-18-34-19-17-33)21-24(27)8-10-29(28)31(32)13-12-30(32)25-7-6-22-4-2-3-5-23(22)20-25/h2-7,20,24,26-31H,8-19,21H2,1H3/t24-,26-,27-,28+,29+,30?,31-,32+/m0/s1. The molecule has 2 aromatic carbocycles. The molecule has 1 heterocycles. The van der Waals surface area contributed by atoms with Crippen molar-refractivity contribution in [2.24, 2.45) is 35.0 Å². The normalized spacial score (nSPS) is 42.7. The van der Waals surface area contributed by atoms with Gasteiger partial charge in [-0.3, -0.25) is 4.90 Å². The van der Waals surface area contributed by atoms with Crippen molar-refractivity contribution in [2.45, 2.75) is 76.7 Å². The fraction of sp³-hybridized carbons (Fsp3) is 0.688. The van der Waals surface area contributed by atoms with Gasteiger partial charge in [-0.25, -0.2) is 0 Å². The number of nitrogens with zero attached hydrogens (tertiary/aromatic N) is 1. The molecule has 1 unspecified atom stereocenters. The van der Waals surface area contributed by atoms with Gasteiger partial charge in [-0.2, -0.15) is 0 Å². The molecule has 34 heavy (non-hydrogen) atoms. The third-order valence-electron chi connectivity index (χ3n) is 11.7. The van der Waals surface area contributed by atoms with Gasteiger partial charge in [0.25, 0.3) is 0 Å². The number of hydrogen-bond donors (Lipinski definition) is 0. The van der Waals surface area contributed by atoms with Gasteiger partial charge >= 0.3 is 0 Å². The molecule has 0 aromatic heterocycles. The molecule has 0 radical (unpaired) electrons. The van der Waals surface area contributed by atoms with Gasteiger partial charge in [0.05, 0.1) is 13.2 Å². The quantitative estimate of drug-likeness (QED) is 0.470. The third-order valence-corrected chi connectivity index (χ3v) is 11.7. The van der Waals surface area contributed by atoms with E-state index in [0.717, 1.165) is 54.8 Å². The molecule has 2 aromatic rings. The van der Waals surface area contributed by atoms with E-state index in [1.165, 1.54) is 81.6 Å². The average Bonchev–Trinajstić information content (AvgIpc) is 3.25. The number of fused-ring (bicyclic) bond motifs is 6. The monoisotopic (exact) mass is 457 g/mol. The summed E-state index contributed by atoms with van der Waals surface area (Å²) in [5.41, 5.74) is 2.14. The number of ether oxygens (including phenoxy) is 1. The number of benzene rings is 2. The lowest BCUT2D eigenvalue weighted by Gasteiger charge is -2.57. The fourth-order valence-electron chi connectivity index (χ4n) is 10.1. The predicted molar refractivity (Wildman–Crippen MR) is 140 cm³/mol. The second-order valence-corrected chi connectivity index (χ2v) is 12.8. The first-order valence-corrected chi connectivity index (χ1v) is 14.5. The summed E-state index contributed by atoms with van der Waals surface area (Å²) in [6.45, 7) is 6.94. The average molecular weight is 458 g/mol. The summed E-state index contributed by atoms with van der Waals surface area (Å²) in [5, 5.41) is 2.82. The zero-order valence-electron chi connectivity index (χ0n) is 21.1. The van der Waals surface area contributed by atoms with Gasteiger partial charge in [-0.15, -0.1) is 0 Å². The summed E-state index contributed by atoms with van der Waals surface area (Å²) in [6.07, 6.45) is 13.3. The van der Waals surface area contributed by atoms with Crippen LogP contribution in [-0.2, 0) is 4.74 Å². The highest BCUT2D eigenvalue weighted by Crippen LogP contribution is 2.66. The Morgan fingerprint density at radius 3 is 2.50 bits per heavy atom. The summed E-state index contributed by atoms with van der Waals surface area (Å²) in [4.78, 5) is 2.77. The molecule has 0 amide bonds. The van der Waals surface area contributed by atoms with E-state index in [-0.39, 0.29) is 0 Å². The summed E-state index contributed by atoms with van der Waals surface area (Å²) < 4.78 is 5.64. The van der Waals surface area contributed by atoms with Crippen molar-refractivity contribution < 1.29 is 4.74 Å². The third kappa shape index (κ3) is 3.50. The summed E-state index contributed by atoms with van der Waals surface area (Å²) in [7, 11) is 0. The minimum atomic E-state index is 0.515. The molecule has 182 valence electrons. The minimum Gasteiger partial charge on any atom is -0.379 e. The van der Waals surface area contributed by atoms with Crippen LogP contribution in [0.4, 0.5) is 0 Å². The Kier molecular flexibility index (Phi) is 5.55. The van der Waals surface area contributed by atoms with Crippen molar-refractivity contribution in [3.63, 3.8) is 0 Å². The lowest BCUT2D eigenvalue weighted by atomic mass is 9.49. The maximum absolute atomic E-state index is 5.64. The van der Waals surface area contributed by atoms with Crippen LogP contribution in [0.1, 0.15) is 76.2 Å². The first-order chi connectivity index (χ1) is 16.7. The zero-order chi connectivity index (χ0) is 22.7. The van der Waals surface area contributed by atoms with Gasteiger partial charge in [-0.1, -0.05) is 49.4 Å². The van der Waals surface area contributed by atoms with Crippen LogP contribution in [-0.4, -0.2) is 37.2 Å². The van der Waals surface area contributed by atoms with Crippen molar-refractivity contribution in [1.82, 2.24) is 4.90 Å². The lowest BCUT2D eigenvalue weighted by molar-refractivity contribution is -0.0723. The Balaban J connectivity index is 1.08. The molecule has 4 saturated carbocycles. The Hall–Kier alpha value is -1.38. The second-order valence-electron chi connectivity index (χ2n) is 12.8. The molecular weight excluding hydrogens is 414 g/mol. The van der Waals surface area contributed by atoms with E-state index in [0.29, 0.717) is 5.41 Å². The van der Waals surface area contributed by atoms with Gasteiger partial charge in [-0.05, 0) is 115 Å². The van der Waals surface area contributed by atoms with Gasteiger partial charge in [0.15, 0.2) is 0 Å². The molecule has 2 heteroatoms. The Morgan fingerprint density at radius 2 is 1.62 bits per heavy atom. The van der Waals surface area contributed by atoms with Crippen LogP contribution in [0.5, 0.6) is 0 Å². The molecule has 2 nitrogen and oxygen atoms in total. The summed E-state index contributed by atoms with van der Waals surface area (Å²) in [5.74, 6) is 5.78. The van der Waals surface area contributed by atoms with E-state index in [9.17, 15) is 0 Å². The molecule has 8 atom stereocenters. The Morgan fingerprint density at radius 1 is 0.794 bits per heavy atom. The van der Waals surface area contributed by atoms with Crippen molar-refractivity contribution in [3.05, 3.63) is 48.0 Å². The van der Waals surface area contributed by atoms with Crippen molar-refractivity contribution >= 4 is 10.8 Å². The van der Waals surface area contributed by atoms with E-state index in [1.54, 1.807) is 5.56 Å². The number of hydrogen-bond acceptors (Lipinski definition) is 2. The minimum absolute atomic E-state index is 0.515. The van der Waals surface area contributed by atoms with Crippen LogP contribution in [0.2, 0.25) is 0 Å². The molecule has 7 rings (SSSR count). The van der Waals surface area contributed by atoms with Crippen LogP contribution in [0.3, 0.4) is 0 Å². The maximum atomic E-state index is 5.64. The summed E-state index contributed by atoms with van der Waals surface area (Å²) >= 11 is 0. The molecule has 1 aliphatic heterocycles. The molecule has 0 spiro atoms. The molecule has 0 N–H and O–H groups in total. The highest BCUT2D eigenvalue weighted by molar-refractivity contribution is 5.83. The first kappa shape index (κ1) is 21.9. The topological polar surface area (TPSA) is 12.5 Å². The van der Waals surface area contributed by atoms with E-state index < -0.39 is 0 Å². The van der Waals surface area contributed by atoms with E-state index in [1.807, 2.05) is 0 Å². The van der Waals surface area contributed by atoms with E-state index >= 15 is 0 Å². The van der Waals surface area contributed by atoms with Crippen molar-refractivity contribution in [2.75, 3.05) is 26.3 Å². The van der Waals surface area contributed by atoms with Crippen LogP contribution < -0.4 is 0 Å². The van der Waals surface area contributed by atoms with E-state index in [2.05, 4.69) is 54.3 Å². The molecular formula is C32H43NO. The van der Waals surface area contributed by atoms with Crippen molar-refractivity contribution in [3.8, 4) is 0 Å². The van der Waals surface area contributed by atoms with Gasteiger partial charge in [0.1, 0.15) is 0 Å². The second kappa shape index (κ2) is 8.63. The molecule has 0 bridgehead atoms. The van der Waals surface area contributed by atoms with Gasteiger partial charge < -0.3 is 4.74 Å². The highest BCUT2D eigenvalue weighted by Gasteiger charge is 2.57. The van der Waals surface area contributed by atoms with Gasteiger partial charge in [0.2, 0.25) is 0 Å². The Bertz CT molecular complexity index is 1030. The van der Waals surface area contributed by atoms with Gasteiger partial charge in [0, 0.05) is 19.1 Å². The lowest BCUT2D eigenvalue weighted by Crippen LogP contribution is -2.51. The number of morpholine rings is 1. The highest BCUT2D eigenvalue weighted by atomic mass is 16.5. The first-order valence-electron chi connectivity index (χ1n) is 14.5. The SMILES string of the molecule is C[C@]12CC[C@H]3[C@@H](CC[C@H]4C[C@@H](N5CCOCC5)CC[C@@H]43)[C@@H]1CCC2c1ccc2ccccc2c1. The smallest absolute Gasteiger partial charge is 0.0594 e. The van der Waals surface area contributed by atoms with Crippen LogP contribution in [0.25, 0.3) is 10.8 Å². The molecule has 5 aliphatic rings. The van der Waals surface area contributed by atoms with Crippen LogP contribution >= 0.6 is 0 Å². The zero-order valence-corrected chi connectivity index (χ0v) is 21.1. The van der Waals surface area contributed by atoms with E-state index in [4.69, 9.17) is 4.74 Å². The molecule has 5 fully saturated rings. The fourth-order valence-corrected chi connectivity index (χ4v) is 10.1. The maximum Gasteiger partial charge on any atom is 0.0594 e. The molecule has 1 saturated heterocycles. The number of rotatable bonds is 2. The Labute approximate surface area is 206 Å². The van der Waals surface area contributed by atoms with Crippen LogP contribution in [0, 0.1) is 35.0 Å². The van der Waals surface area contributed by atoms with Crippen molar-refractivity contribution in [1.29, 1.82) is 0 Å². The summed E-state index contributed by atoms with van der Waals surface area (Å²) in [6, 6.07) is 17.2. The predicted octanol–water partition coefficient (Wildman–Crippen LogP) is 7.28. The largest absolute Gasteiger partial charge is 0.379 e. The molecule has 4 aliphatic carbocycles.